The van der Waals surface area contributed by atoms with Crippen molar-refractivity contribution in [1.82, 2.24) is 15.0 Å². The number of rotatable bonds is 7. The summed E-state index contributed by atoms with van der Waals surface area (Å²) in [5.74, 6) is 2.88. The molecule has 1 aliphatic rings. The molecule has 1 fully saturated rings. The molecule has 3 rings (SSSR count). The van der Waals surface area contributed by atoms with Crippen molar-refractivity contribution >= 4 is 17.5 Å². The van der Waals surface area contributed by atoms with Crippen molar-refractivity contribution in [2.75, 3.05) is 61.6 Å². The number of hydrogen-bond acceptors (Lipinski definition) is 7. The fourth-order valence-electron chi connectivity index (χ4n) is 2.76. The summed E-state index contributed by atoms with van der Waals surface area (Å²) in [5.41, 5.74) is 0. The van der Waals surface area contributed by atoms with Gasteiger partial charge in [0, 0.05) is 58.7 Å². The van der Waals surface area contributed by atoms with Gasteiger partial charge in [0.25, 0.3) is 0 Å². The summed E-state index contributed by atoms with van der Waals surface area (Å²) >= 11 is 0. The van der Waals surface area contributed by atoms with Crippen molar-refractivity contribution in [2.45, 2.75) is 6.42 Å². The van der Waals surface area contributed by atoms with Crippen molar-refractivity contribution in [3.05, 3.63) is 36.8 Å². The maximum absolute atomic E-state index is 5.05. The Kier molecular flexibility index (Phi) is 5.79. The Morgan fingerprint density at radius 1 is 1.04 bits per heavy atom. The average Bonchev–Trinajstić information content (AvgIpc) is 2.66. The van der Waals surface area contributed by atoms with E-state index in [4.69, 9.17) is 4.74 Å². The number of piperazine rings is 1. The first-order valence-corrected chi connectivity index (χ1v) is 8.32. The summed E-state index contributed by atoms with van der Waals surface area (Å²) in [5, 5.41) is 3.32. The van der Waals surface area contributed by atoms with Gasteiger partial charge in [0.15, 0.2) is 0 Å². The summed E-state index contributed by atoms with van der Waals surface area (Å²) in [6, 6.07) is 8.05. The summed E-state index contributed by atoms with van der Waals surface area (Å²) in [6.45, 7) is 5.33. The molecule has 7 heteroatoms. The highest BCUT2D eigenvalue weighted by atomic mass is 16.5. The Hall–Kier alpha value is -2.41. The summed E-state index contributed by atoms with van der Waals surface area (Å²) in [6.07, 6.45) is 4.42. The van der Waals surface area contributed by atoms with Crippen molar-refractivity contribution < 1.29 is 4.74 Å². The maximum atomic E-state index is 5.05. The largest absolute Gasteiger partial charge is 0.385 e. The molecule has 0 radical (unpaired) electrons. The van der Waals surface area contributed by atoms with Crippen molar-refractivity contribution in [3.63, 3.8) is 0 Å². The van der Waals surface area contributed by atoms with Crippen LogP contribution in [0.2, 0.25) is 0 Å². The predicted octanol–water partition coefficient (Wildman–Crippen LogP) is 1.65. The molecule has 0 bridgehead atoms. The van der Waals surface area contributed by atoms with Crippen molar-refractivity contribution in [1.29, 1.82) is 0 Å². The summed E-state index contributed by atoms with van der Waals surface area (Å²) in [7, 11) is 1.72. The molecule has 7 nitrogen and oxygen atoms in total. The van der Waals surface area contributed by atoms with Crippen molar-refractivity contribution in [2.24, 2.45) is 0 Å². The van der Waals surface area contributed by atoms with Gasteiger partial charge in [0.05, 0.1) is 0 Å². The van der Waals surface area contributed by atoms with E-state index in [2.05, 4.69) is 36.1 Å². The molecular weight excluding hydrogens is 304 g/mol. The SMILES string of the molecule is COCCCNc1cc(N2CCN(c3ccccn3)CC2)ncn1. The Labute approximate surface area is 142 Å². The molecule has 24 heavy (non-hydrogen) atoms. The Bertz CT molecular complexity index is 615. The normalized spacial score (nSPS) is 14.7. The highest BCUT2D eigenvalue weighted by Crippen LogP contribution is 2.18. The molecule has 2 aromatic rings. The lowest BCUT2D eigenvalue weighted by Crippen LogP contribution is -2.47. The van der Waals surface area contributed by atoms with Crippen molar-refractivity contribution in [3.8, 4) is 0 Å². The first-order valence-electron chi connectivity index (χ1n) is 8.32. The molecule has 0 atom stereocenters. The van der Waals surface area contributed by atoms with Gasteiger partial charge in [0.2, 0.25) is 0 Å². The number of aromatic nitrogens is 3. The molecule has 1 saturated heterocycles. The van der Waals surface area contributed by atoms with E-state index >= 15 is 0 Å². The van der Waals surface area contributed by atoms with Crippen LogP contribution < -0.4 is 15.1 Å². The molecule has 0 unspecified atom stereocenters. The second-order valence-corrected chi connectivity index (χ2v) is 5.70. The maximum Gasteiger partial charge on any atom is 0.134 e. The molecule has 1 aliphatic heterocycles. The van der Waals surface area contributed by atoms with Crippen LogP contribution in [0.1, 0.15) is 6.42 Å². The van der Waals surface area contributed by atoms with Crippen LogP contribution in [-0.4, -0.2) is 61.4 Å². The number of methoxy groups -OCH3 is 1. The minimum Gasteiger partial charge on any atom is -0.385 e. The van der Waals surface area contributed by atoms with Crippen LogP contribution in [0.4, 0.5) is 17.5 Å². The molecule has 0 saturated carbocycles. The zero-order chi connectivity index (χ0) is 16.6. The summed E-state index contributed by atoms with van der Waals surface area (Å²) < 4.78 is 5.05. The number of nitrogens with one attached hydrogen (secondary N) is 1. The van der Waals surface area contributed by atoms with Gasteiger partial charge in [-0.2, -0.15) is 0 Å². The van der Waals surface area contributed by atoms with E-state index in [9.17, 15) is 0 Å². The summed E-state index contributed by atoms with van der Waals surface area (Å²) in [4.78, 5) is 17.7. The third-order valence-electron chi connectivity index (χ3n) is 4.06. The molecule has 128 valence electrons. The van der Waals surface area contributed by atoms with Gasteiger partial charge in [-0.25, -0.2) is 15.0 Å². The number of ether oxygens (including phenoxy) is 1. The van der Waals surface area contributed by atoms with Gasteiger partial charge in [-0.3, -0.25) is 0 Å². The van der Waals surface area contributed by atoms with Gasteiger partial charge in [0.1, 0.15) is 23.8 Å². The quantitative estimate of drug-likeness (QED) is 0.775. The van der Waals surface area contributed by atoms with Gasteiger partial charge in [-0.05, 0) is 18.6 Å². The molecule has 0 aromatic carbocycles. The Morgan fingerprint density at radius 2 is 1.83 bits per heavy atom. The lowest BCUT2D eigenvalue weighted by molar-refractivity contribution is 0.198. The predicted molar refractivity (Wildman–Crippen MR) is 95.7 cm³/mol. The highest BCUT2D eigenvalue weighted by Gasteiger charge is 2.19. The number of nitrogens with zero attached hydrogens (tertiary/aromatic N) is 5. The highest BCUT2D eigenvalue weighted by molar-refractivity contribution is 5.50. The number of hydrogen-bond donors (Lipinski definition) is 1. The zero-order valence-corrected chi connectivity index (χ0v) is 14.1. The van der Waals surface area contributed by atoms with Gasteiger partial charge in [-0.15, -0.1) is 0 Å². The van der Waals surface area contributed by atoms with Crippen LogP contribution in [0.25, 0.3) is 0 Å². The number of anilines is 3. The molecular formula is C17H24N6O. The van der Waals surface area contributed by atoms with E-state index in [0.717, 1.165) is 63.2 Å². The lowest BCUT2D eigenvalue weighted by atomic mass is 10.3. The molecule has 3 heterocycles. The molecule has 0 spiro atoms. The van der Waals surface area contributed by atoms with E-state index < -0.39 is 0 Å². The van der Waals surface area contributed by atoms with E-state index in [0.29, 0.717) is 0 Å². The first-order chi connectivity index (χ1) is 11.9. The second-order valence-electron chi connectivity index (χ2n) is 5.70. The fourth-order valence-corrected chi connectivity index (χ4v) is 2.76. The Morgan fingerprint density at radius 3 is 2.54 bits per heavy atom. The number of pyridine rings is 1. The lowest BCUT2D eigenvalue weighted by Gasteiger charge is -2.36. The molecule has 0 amide bonds. The third kappa shape index (κ3) is 4.32. The molecule has 2 aromatic heterocycles. The van der Waals surface area contributed by atoms with Crippen LogP contribution in [0, 0.1) is 0 Å². The minimum atomic E-state index is 0.750. The smallest absolute Gasteiger partial charge is 0.134 e. The average molecular weight is 328 g/mol. The van der Waals surface area contributed by atoms with Crippen LogP contribution in [0.5, 0.6) is 0 Å². The second kappa shape index (κ2) is 8.44. The van der Waals surface area contributed by atoms with Gasteiger partial charge < -0.3 is 19.9 Å². The van der Waals surface area contributed by atoms with Crippen LogP contribution in [0.3, 0.4) is 0 Å². The van der Waals surface area contributed by atoms with Crippen LogP contribution in [-0.2, 0) is 4.74 Å². The monoisotopic (exact) mass is 328 g/mol. The fraction of sp³-hybridized carbons (Fsp3) is 0.471. The standard InChI is InChI=1S/C17H24N6O/c1-24-12-4-7-18-15-13-17(21-14-20-15)23-10-8-22(9-11-23)16-5-2-3-6-19-16/h2-3,5-6,13-14H,4,7-12H2,1H3,(H,18,20,21). The van der Waals surface area contributed by atoms with E-state index in [1.54, 1.807) is 13.4 Å². The van der Waals surface area contributed by atoms with Gasteiger partial charge in [-0.1, -0.05) is 6.07 Å². The van der Waals surface area contributed by atoms with E-state index in [1.807, 2.05) is 24.4 Å². The first kappa shape index (κ1) is 16.4. The van der Waals surface area contributed by atoms with E-state index in [-0.39, 0.29) is 0 Å². The topological polar surface area (TPSA) is 66.4 Å². The van der Waals surface area contributed by atoms with Gasteiger partial charge >= 0.3 is 0 Å². The Balaban J connectivity index is 1.54. The molecule has 1 N–H and O–H groups in total. The molecule has 0 aliphatic carbocycles. The zero-order valence-electron chi connectivity index (χ0n) is 14.1. The van der Waals surface area contributed by atoms with Crippen LogP contribution in [0.15, 0.2) is 36.8 Å². The third-order valence-corrected chi connectivity index (χ3v) is 4.06. The van der Waals surface area contributed by atoms with Crippen LogP contribution >= 0.6 is 0 Å². The van der Waals surface area contributed by atoms with E-state index in [1.165, 1.54) is 0 Å². The minimum absolute atomic E-state index is 0.750.